The molecule has 24 heavy (non-hydrogen) atoms. The first-order chi connectivity index (χ1) is 11.8. The standard InChI is InChI=1S/C22H30Te2/c1-3-5-7-13-19-15-9-11-17-21(19)23-24-22-18-12-10-16-20(22)14-8-6-4-2/h9-12,15-18H,3-8,13-14H2,1-2H3. The molecule has 2 heteroatoms. The van der Waals surface area contributed by atoms with Gasteiger partial charge in [-0.25, -0.2) is 0 Å². The molecule has 2 aromatic rings. The van der Waals surface area contributed by atoms with Gasteiger partial charge in [-0.1, -0.05) is 0 Å². The van der Waals surface area contributed by atoms with Crippen LogP contribution >= 0.6 is 0 Å². The van der Waals surface area contributed by atoms with E-state index in [9.17, 15) is 0 Å². The third-order valence-electron chi connectivity index (χ3n) is 4.27. The summed E-state index contributed by atoms with van der Waals surface area (Å²) in [7, 11) is 0. The van der Waals surface area contributed by atoms with Crippen molar-refractivity contribution < 1.29 is 0 Å². The van der Waals surface area contributed by atoms with Crippen LogP contribution in [0.3, 0.4) is 0 Å². The van der Waals surface area contributed by atoms with E-state index in [-0.39, 0.29) is 34.1 Å². The first-order valence-corrected chi connectivity index (χ1v) is 19.0. The van der Waals surface area contributed by atoms with Gasteiger partial charge >= 0.3 is 166 Å². The predicted octanol–water partition coefficient (Wildman–Crippen LogP) is 4.43. The number of aryl methyl sites for hydroxylation is 2. The van der Waals surface area contributed by atoms with Crippen molar-refractivity contribution in [3.05, 3.63) is 59.7 Å². The molecule has 0 aliphatic heterocycles. The summed E-state index contributed by atoms with van der Waals surface area (Å²) in [6.07, 6.45) is 10.7. The number of rotatable bonds is 11. The van der Waals surface area contributed by atoms with E-state index in [2.05, 4.69) is 62.4 Å². The molecular weight excluding hydrogens is 519 g/mol. The molecule has 0 aromatic heterocycles. The van der Waals surface area contributed by atoms with E-state index in [0.29, 0.717) is 0 Å². The Hall–Kier alpha value is 0.0192. The Bertz CT molecular complexity index is 539. The Morgan fingerprint density at radius 1 is 0.583 bits per heavy atom. The van der Waals surface area contributed by atoms with Crippen LogP contribution in [0.1, 0.15) is 63.5 Å². The van der Waals surface area contributed by atoms with Crippen molar-refractivity contribution >= 4 is 41.3 Å². The molecule has 0 fully saturated rings. The molecule has 0 spiro atoms. The molecule has 0 saturated carbocycles. The van der Waals surface area contributed by atoms with E-state index in [1.807, 2.05) is 0 Å². The van der Waals surface area contributed by atoms with Gasteiger partial charge in [0.25, 0.3) is 0 Å². The van der Waals surface area contributed by atoms with E-state index < -0.39 is 0 Å². The Kier molecular flexibility index (Phi) is 10.5. The zero-order valence-electron chi connectivity index (χ0n) is 15.1. The summed E-state index contributed by atoms with van der Waals surface area (Å²) in [4.78, 5) is 0. The van der Waals surface area contributed by atoms with E-state index in [0.717, 1.165) is 0 Å². The second-order valence-corrected chi connectivity index (χ2v) is 16.1. The molecule has 0 heterocycles. The molecule has 2 rings (SSSR count). The van der Waals surface area contributed by atoms with Crippen LogP contribution in [-0.2, 0) is 12.8 Å². The van der Waals surface area contributed by atoms with Crippen molar-refractivity contribution in [3.8, 4) is 0 Å². The third-order valence-corrected chi connectivity index (χ3v) is 16.3. The van der Waals surface area contributed by atoms with Gasteiger partial charge in [-0.3, -0.25) is 0 Å². The fourth-order valence-electron chi connectivity index (χ4n) is 2.80. The van der Waals surface area contributed by atoms with Gasteiger partial charge in [0.2, 0.25) is 0 Å². The van der Waals surface area contributed by atoms with Crippen LogP contribution in [0, 0.1) is 0 Å². The van der Waals surface area contributed by atoms with Crippen LogP contribution in [0.25, 0.3) is 0 Å². The Morgan fingerprint density at radius 3 is 1.42 bits per heavy atom. The minimum atomic E-state index is -0.00336. The SMILES string of the molecule is CCCCCc1ccccc1[Te][Te]c1ccccc1CCCCC. The summed E-state index contributed by atoms with van der Waals surface area (Å²) in [5, 5.41) is 0. The average Bonchev–Trinajstić information content (AvgIpc) is 2.62. The topological polar surface area (TPSA) is 0 Å². The molecule has 0 bridgehead atoms. The second kappa shape index (κ2) is 12.4. The zero-order chi connectivity index (χ0) is 17.0. The summed E-state index contributed by atoms with van der Waals surface area (Å²) < 4.78 is 3.48. The molecule has 0 unspecified atom stereocenters. The van der Waals surface area contributed by atoms with E-state index >= 15 is 0 Å². The third kappa shape index (κ3) is 7.10. The Balaban J connectivity index is 1.98. The zero-order valence-corrected chi connectivity index (χ0v) is 19.8. The summed E-state index contributed by atoms with van der Waals surface area (Å²) >= 11 is -0.00672. The number of benzene rings is 2. The van der Waals surface area contributed by atoms with Crippen molar-refractivity contribution in [2.75, 3.05) is 0 Å². The van der Waals surface area contributed by atoms with E-state index in [1.54, 1.807) is 18.3 Å². The van der Waals surface area contributed by atoms with Crippen molar-refractivity contribution in [3.63, 3.8) is 0 Å². The van der Waals surface area contributed by atoms with Gasteiger partial charge in [0.15, 0.2) is 0 Å². The Labute approximate surface area is 165 Å². The van der Waals surface area contributed by atoms with Crippen molar-refractivity contribution in [2.24, 2.45) is 0 Å². The Morgan fingerprint density at radius 2 is 1.00 bits per heavy atom. The molecule has 0 saturated heterocycles. The molecule has 0 amide bonds. The number of hydrogen-bond acceptors (Lipinski definition) is 0. The second-order valence-electron chi connectivity index (χ2n) is 6.30. The van der Waals surface area contributed by atoms with Crippen molar-refractivity contribution in [1.29, 1.82) is 0 Å². The summed E-state index contributed by atoms with van der Waals surface area (Å²) in [6.45, 7) is 4.59. The fraction of sp³-hybridized carbons (Fsp3) is 0.455. The molecule has 2 aromatic carbocycles. The minimum absolute atomic E-state index is 0.00336. The van der Waals surface area contributed by atoms with Gasteiger partial charge in [0.05, 0.1) is 0 Å². The number of unbranched alkanes of at least 4 members (excludes halogenated alkanes) is 4. The maximum absolute atomic E-state index is 2.42. The van der Waals surface area contributed by atoms with Crippen LogP contribution in [0.2, 0.25) is 0 Å². The molecule has 130 valence electrons. The summed E-state index contributed by atoms with van der Waals surface area (Å²) in [5.74, 6) is 0. The van der Waals surface area contributed by atoms with Crippen LogP contribution in [0.5, 0.6) is 0 Å². The molecule has 0 aliphatic rings. The molecule has 0 atom stereocenters. The molecule has 0 N–H and O–H groups in total. The van der Waals surface area contributed by atoms with Crippen molar-refractivity contribution in [1.82, 2.24) is 0 Å². The average molecular weight is 550 g/mol. The van der Waals surface area contributed by atoms with Gasteiger partial charge < -0.3 is 0 Å². The quantitative estimate of drug-likeness (QED) is 0.288. The normalized spacial score (nSPS) is 10.9. The van der Waals surface area contributed by atoms with Crippen LogP contribution in [0.15, 0.2) is 48.5 Å². The van der Waals surface area contributed by atoms with Crippen LogP contribution in [-0.4, -0.2) is 34.1 Å². The monoisotopic (exact) mass is 554 g/mol. The van der Waals surface area contributed by atoms with Gasteiger partial charge in [0.1, 0.15) is 0 Å². The fourth-order valence-corrected chi connectivity index (χ4v) is 15.3. The first-order valence-electron chi connectivity index (χ1n) is 9.35. The number of hydrogen-bond donors (Lipinski definition) is 0. The van der Waals surface area contributed by atoms with Crippen LogP contribution in [0.4, 0.5) is 0 Å². The van der Waals surface area contributed by atoms with Gasteiger partial charge in [-0.15, -0.1) is 0 Å². The van der Waals surface area contributed by atoms with E-state index in [1.165, 1.54) is 51.4 Å². The maximum atomic E-state index is 2.42. The summed E-state index contributed by atoms with van der Waals surface area (Å²) in [6, 6.07) is 18.6. The van der Waals surface area contributed by atoms with Gasteiger partial charge in [-0.05, 0) is 0 Å². The predicted molar refractivity (Wildman–Crippen MR) is 110 cm³/mol. The van der Waals surface area contributed by atoms with Gasteiger partial charge in [0, 0.05) is 0 Å². The molecule has 0 radical (unpaired) electrons. The van der Waals surface area contributed by atoms with E-state index in [4.69, 9.17) is 0 Å². The first kappa shape index (κ1) is 20.3. The summed E-state index contributed by atoms with van der Waals surface area (Å²) in [5.41, 5.74) is 3.31. The molecule has 0 nitrogen and oxygen atoms in total. The molecular formula is C22H30Te2. The molecule has 0 aliphatic carbocycles. The van der Waals surface area contributed by atoms with Crippen LogP contribution < -0.4 is 7.22 Å². The van der Waals surface area contributed by atoms with Crippen molar-refractivity contribution in [2.45, 2.75) is 65.2 Å². The van der Waals surface area contributed by atoms with Gasteiger partial charge in [-0.2, -0.15) is 0 Å².